The number of nitrogens with one attached hydrogen (secondary N) is 3. The summed E-state index contributed by atoms with van der Waals surface area (Å²) >= 11 is 0. The third kappa shape index (κ3) is 3.57. The first-order valence-electron chi connectivity index (χ1n) is 10.3. The number of aryl methyl sites for hydroxylation is 1. The lowest BCUT2D eigenvalue weighted by atomic mass is 10.1. The zero-order chi connectivity index (χ0) is 21.3. The van der Waals surface area contributed by atoms with E-state index >= 15 is 0 Å². The highest BCUT2D eigenvalue weighted by Gasteiger charge is 2.36. The van der Waals surface area contributed by atoms with Gasteiger partial charge in [0.2, 0.25) is 11.8 Å². The van der Waals surface area contributed by atoms with E-state index in [1.54, 1.807) is 18.9 Å². The van der Waals surface area contributed by atoms with E-state index in [1.807, 2.05) is 55.5 Å². The van der Waals surface area contributed by atoms with Crippen LogP contribution in [0.15, 0.2) is 48.5 Å². The first-order chi connectivity index (χ1) is 14.5. The van der Waals surface area contributed by atoms with Crippen LogP contribution in [0.1, 0.15) is 37.6 Å². The number of likely N-dealkylation sites (N-methyl/N-ethyl adjacent to an activating group) is 1. The predicted octanol–water partition coefficient (Wildman–Crippen LogP) is 2.70. The van der Waals surface area contributed by atoms with Gasteiger partial charge in [-0.15, -0.1) is 0 Å². The molecule has 3 atom stereocenters. The highest BCUT2D eigenvalue weighted by atomic mass is 16.2. The third-order valence-electron chi connectivity index (χ3n) is 5.91. The number of rotatable bonds is 5. The number of benzene rings is 2. The van der Waals surface area contributed by atoms with E-state index < -0.39 is 6.04 Å². The molecule has 3 N–H and O–H groups in total. The number of aromatic nitrogens is 2. The summed E-state index contributed by atoms with van der Waals surface area (Å²) in [6.45, 7) is 3.76. The van der Waals surface area contributed by atoms with E-state index in [1.165, 1.54) is 0 Å². The van der Waals surface area contributed by atoms with Gasteiger partial charge in [0.15, 0.2) is 0 Å². The molecular weight excluding hydrogens is 378 g/mol. The normalized spacial score (nSPS) is 18.6. The number of hydrogen-bond donors (Lipinski definition) is 3. The minimum Gasteiger partial charge on any atom is -0.343 e. The van der Waals surface area contributed by atoms with Crippen molar-refractivity contribution < 1.29 is 9.59 Å². The average molecular weight is 406 g/mol. The third-order valence-corrected chi connectivity index (χ3v) is 5.91. The van der Waals surface area contributed by atoms with Crippen molar-refractivity contribution in [1.29, 1.82) is 0 Å². The van der Waals surface area contributed by atoms with Crippen molar-refractivity contribution in [3.05, 3.63) is 59.8 Å². The Bertz CT molecular complexity index is 1080. The standard InChI is InChI=1S/C23H27N5O2/c1-14(24-3)22(29)25-19-13-12-16-8-4-7-11-20(16)28(23(19)30)15(2)21-17-9-5-6-10-18(17)26-27-21/h4-11,14-15,19,24H,12-13H2,1-3H3,(H,25,29)(H,26,27). The lowest BCUT2D eigenvalue weighted by Crippen LogP contribution is -2.52. The number of fused-ring (bicyclic) bond motifs is 2. The SMILES string of the molecule is CNC(C)C(=O)NC1CCc2ccccc2N(C(C)c2n[nH]c3ccccc23)C1=O. The number of carbonyl (C=O) groups is 2. The molecule has 1 aromatic heterocycles. The lowest BCUT2D eigenvalue weighted by molar-refractivity contribution is -0.128. The van der Waals surface area contributed by atoms with E-state index in [-0.39, 0.29) is 23.9 Å². The van der Waals surface area contributed by atoms with Crippen LogP contribution in [0.2, 0.25) is 0 Å². The van der Waals surface area contributed by atoms with Crippen LogP contribution in [-0.4, -0.2) is 41.1 Å². The molecule has 2 aromatic carbocycles. The van der Waals surface area contributed by atoms with Gasteiger partial charge in [0, 0.05) is 11.1 Å². The van der Waals surface area contributed by atoms with Crippen molar-refractivity contribution >= 4 is 28.4 Å². The Morgan fingerprint density at radius 2 is 1.90 bits per heavy atom. The Morgan fingerprint density at radius 1 is 1.17 bits per heavy atom. The molecule has 0 radical (unpaired) electrons. The molecule has 0 bridgehead atoms. The number of hydrogen-bond acceptors (Lipinski definition) is 4. The molecular formula is C23H27N5O2. The minimum absolute atomic E-state index is 0.115. The molecule has 0 fully saturated rings. The van der Waals surface area contributed by atoms with E-state index in [2.05, 4.69) is 20.8 Å². The summed E-state index contributed by atoms with van der Waals surface area (Å²) in [7, 11) is 1.73. The van der Waals surface area contributed by atoms with Crippen LogP contribution in [0, 0.1) is 0 Å². The number of amides is 2. The fraction of sp³-hybridized carbons (Fsp3) is 0.348. The average Bonchev–Trinajstić information content (AvgIpc) is 3.15. The summed E-state index contributed by atoms with van der Waals surface area (Å²) in [5.41, 5.74) is 3.71. The predicted molar refractivity (Wildman–Crippen MR) is 117 cm³/mol. The van der Waals surface area contributed by atoms with Crippen molar-refractivity contribution in [2.45, 2.75) is 44.8 Å². The molecule has 3 unspecified atom stereocenters. The van der Waals surface area contributed by atoms with Crippen LogP contribution in [-0.2, 0) is 16.0 Å². The summed E-state index contributed by atoms with van der Waals surface area (Å²) in [5, 5.41) is 14.4. The van der Waals surface area contributed by atoms with Crippen LogP contribution < -0.4 is 15.5 Å². The Balaban J connectivity index is 1.74. The van der Waals surface area contributed by atoms with Crippen molar-refractivity contribution in [3.8, 4) is 0 Å². The minimum atomic E-state index is -0.589. The largest absolute Gasteiger partial charge is 0.343 e. The number of aromatic amines is 1. The first kappa shape index (κ1) is 20.1. The second-order valence-electron chi connectivity index (χ2n) is 7.78. The molecule has 0 saturated carbocycles. The highest BCUT2D eigenvalue weighted by Crippen LogP contribution is 2.35. The van der Waals surface area contributed by atoms with Gasteiger partial charge >= 0.3 is 0 Å². The maximum Gasteiger partial charge on any atom is 0.250 e. The van der Waals surface area contributed by atoms with Crippen molar-refractivity contribution in [2.75, 3.05) is 11.9 Å². The topological polar surface area (TPSA) is 90.1 Å². The van der Waals surface area contributed by atoms with Crippen molar-refractivity contribution in [2.24, 2.45) is 0 Å². The molecule has 30 heavy (non-hydrogen) atoms. The zero-order valence-electron chi connectivity index (χ0n) is 17.5. The van der Waals surface area contributed by atoms with E-state index in [0.29, 0.717) is 12.8 Å². The molecule has 1 aliphatic rings. The Labute approximate surface area is 175 Å². The number of anilines is 1. The molecule has 2 heterocycles. The Morgan fingerprint density at radius 3 is 2.70 bits per heavy atom. The van der Waals surface area contributed by atoms with Crippen LogP contribution in [0.25, 0.3) is 10.9 Å². The zero-order valence-corrected chi connectivity index (χ0v) is 17.5. The van der Waals surface area contributed by atoms with Crippen LogP contribution >= 0.6 is 0 Å². The van der Waals surface area contributed by atoms with Crippen LogP contribution in [0.4, 0.5) is 5.69 Å². The lowest BCUT2D eigenvalue weighted by Gasteiger charge is -2.31. The first-order valence-corrected chi connectivity index (χ1v) is 10.3. The van der Waals surface area contributed by atoms with Crippen molar-refractivity contribution in [3.63, 3.8) is 0 Å². The Kier molecular flexibility index (Phi) is 5.55. The molecule has 0 saturated heterocycles. The molecule has 7 heteroatoms. The van der Waals surface area contributed by atoms with Gasteiger partial charge in [-0.1, -0.05) is 36.4 Å². The summed E-state index contributed by atoms with van der Waals surface area (Å²) in [5.74, 6) is -0.296. The van der Waals surface area contributed by atoms with Crippen molar-refractivity contribution in [1.82, 2.24) is 20.8 Å². The summed E-state index contributed by atoms with van der Waals surface area (Å²) in [6.07, 6.45) is 1.27. The molecule has 2 amide bonds. The molecule has 3 aromatic rings. The van der Waals surface area contributed by atoms with Gasteiger partial charge in [0.1, 0.15) is 6.04 Å². The molecule has 7 nitrogen and oxygen atoms in total. The second-order valence-corrected chi connectivity index (χ2v) is 7.78. The quantitative estimate of drug-likeness (QED) is 0.609. The number of nitrogens with zero attached hydrogens (tertiary/aromatic N) is 2. The summed E-state index contributed by atoms with van der Waals surface area (Å²) in [6, 6.07) is 14.6. The van der Waals surface area contributed by atoms with Gasteiger partial charge in [0.25, 0.3) is 0 Å². The maximum atomic E-state index is 13.7. The van der Waals surface area contributed by atoms with Crippen LogP contribution in [0.5, 0.6) is 0 Å². The van der Waals surface area contributed by atoms with E-state index in [4.69, 9.17) is 0 Å². The van der Waals surface area contributed by atoms with Gasteiger partial charge in [-0.2, -0.15) is 5.10 Å². The van der Waals surface area contributed by atoms with E-state index in [0.717, 1.165) is 27.8 Å². The number of H-pyrrole nitrogens is 1. The molecule has 0 aliphatic carbocycles. The Hall–Kier alpha value is -3.19. The monoisotopic (exact) mass is 405 g/mol. The molecule has 0 spiro atoms. The highest BCUT2D eigenvalue weighted by molar-refractivity contribution is 6.02. The molecule has 156 valence electrons. The second kappa shape index (κ2) is 8.28. The van der Waals surface area contributed by atoms with E-state index in [9.17, 15) is 9.59 Å². The molecule has 1 aliphatic heterocycles. The fourth-order valence-corrected chi connectivity index (χ4v) is 4.05. The molecule has 4 rings (SSSR count). The number of carbonyl (C=O) groups excluding carboxylic acids is 2. The number of para-hydroxylation sites is 2. The van der Waals surface area contributed by atoms with Gasteiger partial charge in [-0.05, 0) is 51.4 Å². The summed E-state index contributed by atoms with van der Waals surface area (Å²) < 4.78 is 0. The van der Waals surface area contributed by atoms with Gasteiger partial charge in [-0.3, -0.25) is 14.7 Å². The fourth-order valence-electron chi connectivity index (χ4n) is 4.05. The van der Waals surface area contributed by atoms with Crippen LogP contribution in [0.3, 0.4) is 0 Å². The smallest absolute Gasteiger partial charge is 0.250 e. The summed E-state index contributed by atoms with van der Waals surface area (Å²) in [4.78, 5) is 28.0. The van der Waals surface area contributed by atoms with Gasteiger partial charge < -0.3 is 15.5 Å². The van der Waals surface area contributed by atoms with Gasteiger partial charge in [0.05, 0.1) is 23.3 Å². The maximum absolute atomic E-state index is 13.7. The van der Waals surface area contributed by atoms with Gasteiger partial charge in [-0.25, -0.2) is 0 Å².